The van der Waals surface area contributed by atoms with Gasteiger partial charge in [-0.1, -0.05) is 87.1 Å². The summed E-state index contributed by atoms with van der Waals surface area (Å²) >= 11 is 0. The van der Waals surface area contributed by atoms with Crippen LogP contribution in [0.25, 0.3) is 21.9 Å². The molecule has 3 heteroatoms. The van der Waals surface area contributed by atoms with Crippen LogP contribution in [0.4, 0.5) is 0 Å². The maximum Gasteiger partial charge on any atom is 0.0895 e. The third kappa shape index (κ3) is 8.45. The molecule has 43 heavy (non-hydrogen) atoms. The van der Waals surface area contributed by atoms with E-state index in [1.54, 1.807) is 21.9 Å². The van der Waals surface area contributed by atoms with E-state index in [1.807, 2.05) is 0 Å². The molecule has 0 amide bonds. The van der Waals surface area contributed by atoms with Crippen LogP contribution < -0.4 is 5.19 Å². The molecular weight excluding hydrogens is 616 g/mol. The fourth-order valence-electron chi connectivity index (χ4n) is 6.83. The normalized spacial score (nSPS) is 16.8. The summed E-state index contributed by atoms with van der Waals surface area (Å²) in [6.07, 6.45) is 6.24. The Hall–Kier alpha value is -1.41. The maximum atomic E-state index is 5.98. The smallest absolute Gasteiger partial charge is 0.0895 e. The molecule has 0 spiro atoms. The summed E-state index contributed by atoms with van der Waals surface area (Å²) in [6.45, 7) is 26.4. The van der Waals surface area contributed by atoms with Gasteiger partial charge in [0.1, 0.15) is 0 Å². The molecule has 0 aliphatic heterocycles. The van der Waals surface area contributed by atoms with Gasteiger partial charge in [0.15, 0.2) is 0 Å². The molecule has 1 aliphatic carbocycles. The van der Waals surface area contributed by atoms with Crippen molar-refractivity contribution in [3.63, 3.8) is 0 Å². The van der Waals surface area contributed by atoms with Crippen molar-refractivity contribution in [3.8, 4) is 11.1 Å². The van der Waals surface area contributed by atoms with Gasteiger partial charge in [0.25, 0.3) is 0 Å². The summed E-state index contributed by atoms with van der Waals surface area (Å²) in [7, 11) is 0.773. The molecule has 0 bridgehead atoms. The Kier molecular flexibility index (Phi) is 12.4. The van der Waals surface area contributed by atoms with Gasteiger partial charge < -0.3 is 4.74 Å². The predicted octanol–water partition coefficient (Wildman–Crippen LogP) is 11.0. The molecule has 2 unspecified atom stereocenters. The number of ether oxygens (including phenoxy) is 1. The van der Waals surface area contributed by atoms with Crippen LogP contribution in [0.5, 0.6) is 0 Å². The quantitative estimate of drug-likeness (QED) is 0.112. The van der Waals surface area contributed by atoms with Gasteiger partial charge in [-0.25, -0.2) is 0 Å². The van der Waals surface area contributed by atoms with Crippen molar-refractivity contribution in [1.29, 1.82) is 0 Å². The molecule has 4 rings (SSSR count). The number of hydrogen-bond acceptors (Lipinski definition) is 1. The second kappa shape index (κ2) is 14.8. The first kappa shape index (κ1) is 36.1. The number of rotatable bonds is 11. The van der Waals surface area contributed by atoms with Gasteiger partial charge in [-0.15, -0.1) is 29.0 Å². The van der Waals surface area contributed by atoms with Gasteiger partial charge in [-0.3, -0.25) is 0 Å². The van der Waals surface area contributed by atoms with Crippen molar-refractivity contribution in [2.75, 3.05) is 6.61 Å². The van der Waals surface area contributed by atoms with Crippen molar-refractivity contribution < 1.29 is 30.9 Å². The Balaban J connectivity index is 0.00000506. The topological polar surface area (TPSA) is 9.23 Å². The first-order chi connectivity index (χ1) is 19.7. The first-order valence-electron chi connectivity index (χ1n) is 16.3. The minimum Gasteiger partial charge on any atom is -0.376 e. The van der Waals surface area contributed by atoms with E-state index in [1.165, 1.54) is 64.3 Å². The minimum atomic E-state index is -0.0386. The van der Waals surface area contributed by atoms with Crippen molar-refractivity contribution in [1.82, 2.24) is 0 Å². The van der Waals surface area contributed by atoms with Crippen molar-refractivity contribution in [2.45, 2.75) is 125 Å². The summed E-state index contributed by atoms with van der Waals surface area (Å²) in [5, 5.41) is 4.30. The molecule has 3 aromatic rings. The van der Waals surface area contributed by atoms with Gasteiger partial charge in [0, 0.05) is 32.8 Å². The van der Waals surface area contributed by atoms with Crippen LogP contribution >= 0.6 is 0 Å². The second-order valence-corrected chi connectivity index (χ2v) is 16.2. The van der Waals surface area contributed by atoms with E-state index in [9.17, 15) is 0 Å². The molecule has 0 aromatic heterocycles. The molecular formula is C40H55OSiZr-. The monoisotopic (exact) mass is 669 g/mol. The molecule has 1 nitrogen and oxygen atoms in total. The summed E-state index contributed by atoms with van der Waals surface area (Å²) < 4.78 is 5.98. The van der Waals surface area contributed by atoms with E-state index in [0.717, 1.165) is 22.5 Å². The molecule has 230 valence electrons. The average molecular weight is 671 g/mol. The third-order valence-electron chi connectivity index (χ3n) is 9.56. The number of benzene rings is 2. The largest absolute Gasteiger partial charge is 0.376 e. The van der Waals surface area contributed by atoms with Crippen molar-refractivity contribution in [3.05, 3.63) is 82.0 Å². The van der Waals surface area contributed by atoms with Gasteiger partial charge in [0.05, 0.1) is 15.1 Å². The predicted molar refractivity (Wildman–Crippen MR) is 187 cm³/mol. The standard InChI is InChI=1S/C40H55OSi.Zr/c1-26-27(2)29(4)37(28(26)3)36(22-14-12-13-15-25-41-40(9,10)11)42-38-30(5)32(23-24-35(38)39(6,7)8)34-21-17-19-31-18-16-20-33(31)34;/h16-21,23-24,28,36H,12-15,22,25H2,1-11H3;/q-1;. The first-order valence-corrected chi connectivity index (χ1v) is 17.4. The Morgan fingerprint density at radius 1 is 0.837 bits per heavy atom. The van der Waals surface area contributed by atoms with Crippen LogP contribution in [0.3, 0.4) is 0 Å². The second-order valence-electron chi connectivity index (χ2n) is 14.7. The Bertz CT molecular complexity index is 1460. The summed E-state index contributed by atoms with van der Waals surface area (Å²) in [4.78, 5) is 0. The molecule has 0 heterocycles. The van der Waals surface area contributed by atoms with Crippen LogP contribution in [0.1, 0.15) is 112 Å². The fourth-order valence-corrected chi connectivity index (χ4v) is 9.12. The Labute approximate surface area is 285 Å². The van der Waals surface area contributed by atoms with E-state index in [2.05, 4.69) is 125 Å². The molecule has 3 aromatic carbocycles. The summed E-state index contributed by atoms with van der Waals surface area (Å²) in [5.74, 6) is 0.544. The van der Waals surface area contributed by atoms with E-state index < -0.39 is 0 Å². The van der Waals surface area contributed by atoms with E-state index in [0.29, 0.717) is 11.5 Å². The third-order valence-corrected chi connectivity index (χ3v) is 11.4. The van der Waals surface area contributed by atoms with Crippen LogP contribution in [-0.2, 0) is 36.4 Å². The minimum absolute atomic E-state index is 0. The summed E-state index contributed by atoms with van der Waals surface area (Å²) in [6, 6.07) is 18.3. The number of allylic oxidation sites excluding steroid dienone is 4. The summed E-state index contributed by atoms with van der Waals surface area (Å²) in [5.41, 5.74) is 12.8. The fraction of sp³-hybridized carbons (Fsp3) is 0.525. The Morgan fingerprint density at radius 2 is 1.53 bits per heavy atom. The molecule has 1 aliphatic rings. The van der Waals surface area contributed by atoms with E-state index >= 15 is 0 Å². The van der Waals surface area contributed by atoms with Crippen LogP contribution in [0.15, 0.2) is 70.8 Å². The van der Waals surface area contributed by atoms with Crippen LogP contribution in [0.2, 0.25) is 5.54 Å². The van der Waals surface area contributed by atoms with Crippen LogP contribution in [-0.4, -0.2) is 21.7 Å². The number of hydrogen-bond donors (Lipinski definition) is 0. The number of fused-ring (bicyclic) bond motifs is 1. The van der Waals surface area contributed by atoms with Crippen molar-refractivity contribution in [2.24, 2.45) is 5.92 Å². The van der Waals surface area contributed by atoms with E-state index in [-0.39, 0.29) is 37.2 Å². The average Bonchev–Trinajstić information content (AvgIpc) is 3.46. The zero-order valence-electron chi connectivity index (χ0n) is 28.9. The van der Waals surface area contributed by atoms with Gasteiger partial charge >= 0.3 is 0 Å². The zero-order valence-corrected chi connectivity index (χ0v) is 32.4. The molecule has 2 radical (unpaired) electrons. The molecule has 0 N–H and O–H groups in total. The SMILES string of the molecule is CC1=C(C)C(C)C(C(CCCCCCOC(C)(C)C)[Si]c2c(C(C)(C)C)ccc(-c3cccc4[cH-]ccc34)c2C)=C1C.[Zr]. The molecule has 0 fully saturated rings. The number of unbranched alkanes of at least 4 members (excludes halogenated alkanes) is 3. The van der Waals surface area contributed by atoms with Crippen LogP contribution in [0, 0.1) is 12.8 Å². The molecule has 2 atom stereocenters. The maximum absolute atomic E-state index is 5.98. The van der Waals surface area contributed by atoms with E-state index in [4.69, 9.17) is 4.74 Å². The zero-order chi connectivity index (χ0) is 30.8. The van der Waals surface area contributed by atoms with Gasteiger partial charge in [0.2, 0.25) is 0 Å². The Morgan fingerprint density at radius 3 is 2.16 bits per heavy atom. The molecule has 0 saturated carbocycles. The van der Waals surface area contributed by atoms with Gasteiger partial charge in [-0.05, 0) is 106 Å². The molecule has 0 saturated heterocycles. The van der Waals surface area contributed by atoms with Crippen molar-refractivity contribution >= 4 is 25.5 Å². The van der Waals surface area contributed by atoms with Gasteiger partial charge in [-0.2, -0.15) is 12.1 Å².